The van der Waals surface area contributed by atoms with Crippen LogP contribution in [0.5, 0.6) is 0 Å². The van der Waals surface area contributed by atoms with Crippen LogP contribution in [0.3, 0.4) is 0 Å². The zero-order valence-electron chi connectivity index (χ0n) is 11.0. The van der Waals surface area contributed by atoms with Crippen molar-refractivity contribution in [1.82, 2.24) is 5.32 Å². The fourth-order valence-electron chi connectivity index (χ4n) is 2.67. The molecule has 1 N–H and O–H groups in total. The lowest BCUT2D eigenvalue weighted by Crippen LogP contribution is -2.39. The molecular weight excluding hydrogens is 318 g/mol. The van der Waals surface area contributed by atoms with Crippen LogP contribution < -0.4 is 5.32 Å². The number of benzene rings is 1. The van der Waals surface area contributed by atoms with Gasteiger partial charge in [-0.15, -0.1) is 11.3 Å². The van der Waals surface area contributed by atoms with E-state index in [9.17, 15) is 0 Å². The van der Waals surface area contributed by atoms with Gasteiger partial charge in [-0.1, -0.05) is 34.1 Å². The molecule has 0 amide bonds. The number of halogens is 1. The number of thiophene rings is 1. The molecule has 1 aromatic carbocycles. The van der Waals surface area contributed by atoms with Gasteiger partial charge < -0.3 is 5.32 Å². The monoisotopic (exact) mass is 335 g/mol. The zero-order valence-corrected chi connectivity index (χ0v) is 13.4. The van der Waals surface area contributed by atoms with Crippen molar-refractivity contribution >= 4 is 27.3 Å². The molecule has 0 radical (unpaired) electrons. The van der Waals surface area contributed by atoms with E-state index >= 15 is 0 Å². The van der Waals surface area contributed by atoms with Crippen molar-refractivity contribution in [2.45, 2.75) is 38.3 Å². The fourth-order valence-corrected chi connectivity index (χ4v) is 4.13. The SMILES string of the molecule is Cc1ccsc1CNC1CC(c2ccccc2Br)C1. The van der Waals surface area contributed by atoms with Gasteiger partial charge >= 0.3 is 0 Å². The van der Waals surface area contributed by atoms with Gasteiger partial charge in [0.25, 0.3) is 0 Å². The number of hydrogen-bond acceptors (Lipinski definition) is 2. The Balaban J connectivity index is 1.51. The molecule has 1 fully saturated rings. The molecule has 3 rings (SSSR count). The second-order valence-corrected chi connectivity index (χ2v) is 7.15. The molecular formula is C16H18BrNS. The van der Waals surface area contributed by atoms with Gasteiger partial charge in [-0.3, -0.25) is 0 Å². The highest BCUT2D eigenvalue weighted by Gasteiger charge is 2.30. The maximum atomic E-state index is 3.68. The summed E-state index contributed by atoms with van der Waals surface area (Å²) in [6, 6.07) is 11.5. The maximum absolute atomic E-state index is 3.68. The largest absolute Gasteiger partial charge is 0.309 e. The average molecular weight is 336 g/mol. The standard InChI is InChI=1S/C16H18BrNS/c1-11-6-7-19-16(11)10-18-13-8-12(9-13)14-4-2-3-5-15(14)17/h2-7,12-13,18H,8-10H2,1H3. The number of rotatable bonds is 4. The lowest BCUT2D eigenvalue weighted by molar-refractivity contribution is 0.289. The predicted octanol–water partition coefficient (Wildman–Crippen LogP) is 4.85. The Hall–Kier alpha value is -0.640. The van der Waals surface area contributed by atoms with E-state index in [0.717, 1.165) is 12.5 Å². The van der Waals surface area contributed by atoms with Gasteiger partial charge in [0.05, 0.1) is 0 Å². The first-order valence-electron chi connectivity index (χ1n) is 6.75. The molecule has 1 aromatic heterocycles. The van der Waals surface area contributed by atoms with E-state index in [1.165, 1.54) is 33.3 Å². The van der Waals surface area contributed by atoms with Crippen molar-refractivity contribution < 1.29 is 0 Å². The van der Waals surface area contributed by atoms with Crippen molar-refractivity contribution in [2.24, 2.45) is 0 Å². The lowest BCUT2D eigenvalue weighted by Gasteiger charge is -2.37. The van der Waals surface area contributed by atoms with Crippen LogP contribution in [-0.2, 0) is 6.54 Å². The summed E-state index contributed by atoms with van der Waals surface area (Å²) < 4.78 is 1.26. The first-order valence-corrected chi connectivity index (χ1v) is 8.42. The molecule has 0 spiro atoms. The molecule has 1 saturated carbocycles. The predicted molar refractivity (Wildman–Crippen MR) is 85.8 cm³/mol. The zero-order chi connectivity index (χ0) is 13.2. The minimum absolute atomic E-state index is 0.679. The van der Waals surface area contributed by atoms with Crippen LogP contribution in [0, 0.1) is 6.92 Å². The third kappa shape index (κ3) is 2.93. The molecule has 1 heterocycles. The summed E-state index contributed by atoms with van der Waals surface area (Å²) in [5.41, 5.74) is 2.88. The molecule has 0 bridgehead atoms. The molecule has 100 valence electrons. The molecule has 3 heteroatoms. The Morgan fingerprint density at radius 1 is 1.26 bits per heavy atom. The Bertz CT molecular complexity index is 557. The average Bonchev–Trinajstić information content (AvgIpc) is 2.75. The minimum Gasteiger partial charge on any atom is -0.309 e. The van der Waals surface area contributed by atoms with Gasteiger partial charge in [0.1, 0.15) is 0 Å². The van der Waals surface area contributed by atoms with Crippen LogP contribution in [0.4, 0.5) is 0 Å². The molecule has 0 saturated heterocycles. The van der Waals surface area contributed by atoms with Crippen molar-refractivity contribution in [3.63, 3.8) is 0 Å². The van der Waals surface area contributed by atoms with E-state index in [1.807, 2.05) is 11.3 Å². The van der Waals surface area contributed by atoms with E-state index < -0.39 is 0 Å². The first kappa shape index (κ1) is 13.3. The fraction of sp³-hybridized carbons (Fsp3) is 0.375. The Morgan fingerprint density at radius 3 is 2.74 bits per heavy atom. The minimum atomic E-state index is 0.679. The second-order valence-electron chi connectivity index (χ2n) is 5.29. The first-order chi connectivity index (χ1) is 9.24. The normalized spacial score (nSPS) is 22.2. The quantitative estimate of drug-likeness (QED) is 0.841. The molecule has 19 heavy (non-hydrogen) atoms. The van der Waals surface area contributed by atoms with Gasteiger partial charge in [0.15, 0.2) is 0 Å². The molecule has 0 atom stereocenters. The van der Waals surface area contributed by atoms with Gasteiger partial charge in [-0.05, 0) is 54.3 Å². The van der Waals surface area contributed by atoms with Crippen molar-refractivity contribution in [1.29, 1.82) is 0 Å². The summed E-state index contributed by atoms with van der Waals surface area (Å²) in [4.78, 5) is 1.48. The summed E-state index contributed by atoms with van der Waals surface area (Å²) >= 11 is 5.51. The maximum Gasteiger partial charge on any atom is 0.0304 e. The highest BCUT2D eigenvalue weighted by Crippen LogP contribution is 2.40. The van der Waals surface area contributed by atoms with Gasteiger partial charge in [-0.2, -0.15) is 0 Å². The van der Waals surface area contributed by atoms with E-state index in [-0.39, 0.29) is 0 Å². The van der Waals surface area contributed by atoms with Gasteiger partial charge in [0.2, 0.25) is 0 Å². The van der Waals surface area contributed by atoms with Crippen LogP contribution in [-0.4, -0.2) is 6.04 Å². The van der Waals surface area contributed by atoms with Crippen LogP contribution in [0.15, 0.2) is 40.2 Å². The van der Waals surface area contributed by atoms with E-state index in [4.69, 9.17) is 0 Å². The summed E-state index contributed by atoms with van der Waals surface area (Å²) in [7, 11) is 0. The summed E-state index contributed by atoms with van der Waals surface area (Å²) in [5, 5.41) is 5.85. The highest BCUT2D eigenvalue weighted by molar-refractivity contribution is 9.10. The summed E-state index contributed by atoms with van der Waals surface area (Å²) in [6.07, 6.45) is 2.51. The van der Waals surface area contributed by atoms with Gasteiger partial charge in [0, 0.05) is 21.9 Å². The molecule has 0 unspecified atom stereocenters. The van der Waals surface area contributed by atoms with Crippen molar-refractivity contribution in [3.8, 4) is 0 Å². The highest BCUT2D eigenvalue weighted by atomic mass is 79.9. The summed E-state index contributed by atoms with van der Waals surface area (Å²) in [6.45, 7) is 3.22. The van der Waals surface area contributed by atoms with Crippen LogP contribution in [0.1, 0.15) is 34.8 Å². The smallest absolute Gasteiger partial charge is 0.0304 e. The Labute approximate surface area is 127 Å². The van der Waals surface area contributed by atoms with E-state index in [2.05, 4.69) is 63.9 Å². The summed E-state index contributed by atoms with van der Waals surface area (Å²) in [5.74, 6) is 0.720. The van der Waals surface area contributed by atoms with Gasteiger partial charge in [-0.25, -0.2) is 0 Å². The molecule has 1 nitrogen and oxygen atoms in total. The van der Waals surface area contributed by atoms with Crippen LogP contribution in [0.2, 0.25) is 0 Å². The van der Waals surface area contributed by atoms with Crippen molar-refractivity contribution in [3.05, 3.63) is 56.2 Å². The topological polar surface area (TPSA) is 12.0 Å². The van der Waals surface area contributed by atoms with E-state index in [1.54, 1.807) is 0 Å². The Morgan fingerprint density at radius 2 is 2.05 bits per heavy atom. The third-order valence-corrected chi connectivity index (χ3v) is 5.75. The van der Waals surface area contributed by atoms with E-state index in [0.29, 0.717) is 6.04 Å². The molecule has 2 aromatic rings. The molecule has 0 aliphatic heterocycles. The number of hydrogen-bond donors (Lipinski definition) is 1. The van der Waals surface area contributed by atoms with Crippen LogP contribution >= 0.6 is 27.3 Å². The third-order valence-electron chi connectivity index (χ3n) is 4.00. The van der Waals surface area contributed by atoms with Crippen molar-refractivity contribution in [2.75, 3.05) is 0 Å². The Kier molecular flexibility index (Phi) is 4.06. The lowest BCUT2D eigenvalue weighted by atomic mass is 9.76. The molecule has 1 aliphatic rings. The number of aryl methyl sites for hydroxylation is 1. The second kappa shape index (κ2) is 5.78. The molecule has 1 aliphatic carbocycles. The van der Waals surface area contributed by atoms with Crippen LogP contribution in [0.25, 0.3) is 0 Å². The number of nitrogens with one attached hydrogen (secondary N) is 1.